The van der Waals surface area contributed by atoms with Crippen molar-refractivity contribution in [3.05, 3.63) is 35.9 Å². The molecule has 0 aliphatic rings. The standard InChI is InChI=1S/C23H33N3O8/c1-23(2,3)34-22(31)24-13-12-19(28)26-17(21(30)32-4)10-11-18(27)25-14-20(29)33-15-16-8-6-5-7-9-16/h5-9,17H,10-15H2,1-4H3,(H,24,31)(H,25,27)(H,26,28)/t17-/m1/s1. The van der Waals surface area contributed by atoms with Gasteiger partial charge < -0.3 is 30.2 Å². The number of carbonyl (C=O) groups excluding carboxylic acids is 5. The van der Waals surface area contributed by atoms with Crippen LogP contribution in [0.15, 0.2) is 30.3 Å². The topological polar surface area (TPSA) is 149 Å². The summed E-state index contributed by atoms with van der Waals surface area (Å²) in [7, 11) is 1.16. The lowest BCUT2D eigenvalue weighted by molar-refractivity contribution is -0.146. The first kappa shape index (κ1) is 28.4. The van der Waals surface area contributed by atoms with Crippen LogP contribution in [-0.4, -0.2) is 61.7 Å². The molecule has 0 heterocycles. The van der Waals surface area contributed by atoms with Gasteiger partial charge in [0.1, 0.15) is 24.8 Å². The van der Waals surface area contributed by atoms with Crippen molar-refractivity contribution in [2.75, 3.05) is 20.2 Å². The van der Waals surface area contributed by atoms with E-state index in [4.69, 9.17) is 9.47 Å². The van der Waals surface area contributed by atoms with Crippen LogP contribution in [0, 0.1) is 0 Å². The zero-order valence-corrected chi connectivity index (χ0v) is 20.0. The Hall–Kier alpha value is -3.63. The van der Waals surface area contributed by atoms with Crippen LogP contribution in [-0.2, 0) is 40.0 Å². The summed E-state index contributed by atoms with van der Waals surface area (Å²) in [6.07, 6.45) is -0.944. The van der Waals surface area contributed by atoms with E-state index in [0.29, 0.717) is 0 Å². The van der Waals surface area contributed by atoms with Crippen molar-refractivity contribution in [2.45, 2.75) is 58.3 Å². The second kappa shape index (κ2) is 14.5. The number of ether oxygens (including phenoxy) is 3. The molecule has 0 aromatic heterocycles. The zero-order valence-electron chi connectivity index (χ0n) is 20.0. The van der Waals surface area contributed by atoms with Crippen molar-refractivity contribution in [1.82, 2.24) is 16.0 Å². The van der Waals surface area contributed by atoms with Crippen LogP contribution in [0.4, 0.5) is 4.79 Å². The summed E-state index contributed by atoms with van der Waals surface area (Å²) in [5, 5.41) is 7.32. The summed E-state index contributed by atoms with van der Waals surface area (Å²) in [5.41, 5.74) is 0.154. The lowest BCUT2D eigenvalue weighted by Crippen LogP contribution is -2.43. The van der Waals surface area contributed by atoms with Gasteiger partial charge in [-0.25, -0.2) is 9.59 Å². The molecular weight excluding hydrogens is 446 g/mol. The monoisotopic (exact) mass is 479 g/mol. The number of alkyl carbamates (subject to hydrolysis) is 1. The van der Waals surface area contributed by atoms with Gasteiger partial charge in [-0.15, -0.1) is 0 Å². The van der Waals surface area contributed by atoms with Crippen LogP contribution < -0.4 is 16.0 Å². The fourth-order valence-corrected chi connectivity index (χ4v) is 2.57. The van der Waals surface area contributed by atoms with Crippen LogP contribution >= 0.6 is 0 Å². The highest BCUT2D eigenvalue weighted by Crippen LogP contribution is 2.06. The quantitative estimate of drug-likeness (QED) is 0.299. The van der Waals surface area contributed by atoms with Gasteiger partial charge in [0.05, 0.1) is 7.11 Å². The van der Waals surface area contributed by atoms with E-state index in [2.05, 4.69) is 20.7 Å². The molecule has 1 aromatic rings. The normalized spacial score (nSPS) is 11.5. The molecule has 1 aromatic carbocycles. The SMILES string of the molecule is COC(=O)[C@@H](CCC(=O)NCC(=O)OCc1ccccc1)NC(=O)CCNC(=O)OC(C)(C)C. The van der Waals surface area contributed by atoms with Crippen LogP contribution in [0.3, 0.4) is 0 Å². The van der Waals surface area contributed by atoms with Crippen molar-refractivity contribution in [3.63, 3.8) is 0 Å². The molecule has 0 bridgehead atoms. The van der Waals surface area contributed by atoms with Crippen LogP contribution in [0.2, 0.25) is 0 Å². The number of rotatable bonds is 12. The Morgan fingerprint density at radius 1 is 0.941 bits per heavy atom. The van der Waals surface area contributed by atoms with Gasteiger partial charge in [0.25, 0.3) is 0 Å². The summed E-state index contributed by atoms with van der Waals surface area (Å²) in [5.74, 6) is -2.33. The fourth-order valence-electron chi connectivity index (χ4n) is 2.57. The smallest absolute Gasteiger partial charge is 0.407 e. The zero-order chi connectivity index (χ0) is 25.6. The highest BCUT2D eigenvalue weighted by molar-refractivity contribution is 5.86. The molecule has 11 nitrogen and oxygen atoms in total. The molecule has 3 N–H and O–H groups in total. The minimum Gasteiger partial charge on any atom is -0.467 e. The molecule has 11 heteroatoms. The average molecular weight is 480 g/mol. The average Bonchev–Trinajstić information content (AvgIpc) is 2.77. The number of amides is 3. The Bertz CT molecular complexity index is 836. The van der Waals surface area contributed by atoms with E-state index in [1.165, 1.54) is 0 Å². The predicted molar refractivity (Wildman–Crippen MR) is 121 cm³/mol. The van der Waals surface area contributed by atoms with Crippen molar-refractivity contribution < 1.29 is 38.2 Å². The Morgan fingerprint density at radius 3 is 2.24 bits per heavy atom. The van der Waals surface area contributed by atoms with Crippen molar-refractivity contribution in [1.29, 1.82) is 0 Å². The molecule has 0 saturated heterocycles. The third-order valence-electron chi connectivity index (χ3n) is 4.17. The number of carbonyl (C=O) groups is 5. The molecule has 0 aliphatic heterocycles. The van der Waals surface area contributed by atoms with E-state index in [1.807, 2.05) is 18.2 Å². The molecule has 0 spiro atoms. The second-order valence-corrected chi connectivity index (χ2v) is 8.28. The van der Waals surface area contributed by atoms with Gasteiger partial charge in [-0.1, -0.05) is 30.3 Å². The van der Waals surface area contributed by atoms with E-state index < -0.39 is 41.5 Å². The number of hydrogen-bond acceptors (Lipinski definition) is 8. The van der Waals surface area contributed by atoms with E-state index in [1.54, 1.807) is 32.9 Å². The molecule has 188 valence electrons. The van der Waals surface area contributed by atoms with Crippen LogP contribution in [0.5, 0.6) is 0 Å². The summed E-state index contributed by atoms with van der Waals surface area (Å²) in [6, 6.07) is 8.03. The Labute approximate surface area is 198 Å². The number of hydrogen-bond donors (Lipinski definition) is 3. The van der Waals surface area contributed by atoms with E-state index in [9.17, 15) is 24.0 Å². The second-order valence-electron chi connectivity index (χ2n) is 8.28. The van der Waals surface area contributed by atoms with Gasteiger partial charge in [-0.2, -0.15) is 0 Å². The van der Waals surface area contributed by atoms with E-state index >= 15 is 0 Å². The molecule has 34 heavy (non-hydrogen) atoms. The van der Waals surface area contributed by atoms with Crippen molar-refractivity contribution in [3.8, 4) is 0 Å². The Morgan fingerprint density at radius 2 is 1.62 bits per heavy atom. The van der Waals surface area contributed by atoms with Crippen LogP contribution in [0.1, 0.15) is 45.6 Å². The van der Waals surface area contributed by atoms with Crippen molar-refractivity contribution in [2.24, 2.45) is 0 Å². The van der Waals surface area contributed by atoms with Gasteiger partial charge >= 0.3 is 18.0 Å². The van der Waals surface area contributed by atoms with Gasteiger partial charge in [-0.3, -0.25) is 14.4 Å². The third kappa shape index (κ3) is 13.0. The summed E-state index contributed by atoms with van der Waals surface area (Å²) < 4.78 is 14.8. The van der Waals surface area contributed by atoms with Gasteiger partial charge in [0.15, 0.2) is 0 Å². The number of nitrogens with one attached hydrogen (secondary N) is 3. The Balaban J connectivity index is 2.35. The first-order valence-electron chi connectivity index (χ1n) is 10.8. The van der Waals surface area contributed by atoms with E-state index in [0.717, 1.165) is 12.7 Å². The first-order chi connectivity index (χ1) is 16.0. The molecule has 3 amide bonds. The van der Waals surface area contributed by atoms with Crippen LogP contribution in [0.25, 0.3) is 0 Å². The molecule has 0 unspecified atom stereocenters. The maximum atomic E-state index is 12.1. The number of benzene rings is 1. The lowest BCUT2D eigenvalue weighted by atomic mass is 10.1. The predicted octanol–water partition coefficient (Wildman–Crippen LogP) is 1.20. The van der Waals surface area contributed by atoms with E-state index in [-0.39, 0.29) is 39.0 Å². The molecule has 0 fully saturated rings. The van der Waals surface area contributed by atoms with Gasteiger partial charge in [0, 0.05) is 19.4 Å². The lowest BCUT2D eigenvalue weighted by Gasteiger charge is -2.20. The first-order valence-corrected chi connectivity index (χ1v) is 10.8. The largest absolute Gasteiger partial charge is 0.467 e. The number of methoxy groups -OCH3 is 1. The van der Waals surface area contributed by atoms with Gasteiger partial charge in [0.2, 0.25) is 11.8 Å². The summed E-state index contributed by atoms with van der Waals surface area (Å²) in [6.45, 7) is 4.91. The molecule has 1 atom stereocenters. The third-order valence-corrected chi connectivity index (χ3v) is 4.17. The highest BCUT2D eigenvalue weighted by atomic mass is 16.6. The molecule has 1 rings (SSSR count). The number of esters is 2. The highest BCUT2D eigenvalue weighted by Gasteiger charge is 2.23. The molecule has 0 radical (unpaired) electrons. The van der Waals surface area contributed by atoms with Gasteiger partial charge in [-0.05, 0) is 32.8 Å². The minimum atomic E-state index is -1.06. The van der Waals surface area contributed by atoms with Crippen molar-refractivity contribution >= 4 is 29.8 Å². The molecular formula is C23H33N3O8. The summed E-state index contributed by atoms with van der Waals surface area (Å²) in [4.78, 5) is 59.5. The fraction of sp³-hybridized carbons (Fsp3) is 0.522. The molecule has 0 aliphatic carbocycles. The Kier molecular flexibility index (Phi) is 12.1. The maximum Gasteiger partial charge on any atom is 0.407 e. The maximum absolute atomic E-state index is 12.1. The molecule has 0 saturated carbocycles. The summed E-state index contributed by atoms with van der Waals surface area (Å²) >= 11 is 0. The minimum absolute atomic E-state index is 0.000217.